The summed E-state index contributed by atoms with van der Waals surface area (Å²) < 4.78 is 66.9. The predicted molar refractivity (Wildman–Crippen MR) is 130 cm³/mol. The molecule has 4 rings (SSSR count). The molecular weight excluding hydrogens is 507 g/mol. The zero-order chi connectivity index (χ0) is 27.4. The van der Waals surface area contributed by atoms with Crippen LogP contribution >= 0.6 is 0 Å². The number of piperidine rings is 1. The standard InChI is InChI=1S/C27H25F5N4O2/c1-16(35-38-20-6-3-5-19(13-20)27(30,31)32)22-15-33-17(2)34-26(22)18-9-11-36(12-10-18)25(37)14-21-23(28)7-4-8-24(21)29/h3-8,13,15,18H,9-12,14H2,1-2H3/b35-16-. The third-order valence-corrected chi connectivity index (χ3v) is 6.40. The van der Waals surface area contributed by atoms with Gasteiger partial charge in [-0.15, -0.1) is 0 Å². The minimum Gasteiger partial charge on any atom is -0.357 e. The van der Waals surface area contributed by atoms with E-state index >= 15 is 0 Å². The van der Waals surface area contributed by atoms with Gasteiger partial charge in [0.15, 0.2) is 5.75 Å². The van der Waals surface area contributed by atoms with E-state index in [1.54, 1.807) is 24.9 Å². The van der Waals surface area contributed by atoms with E-state index in [0.717, 1.165) is 24.3 Å². The maximum atomic E-state index is 14.0. The number of benzene rings is 2. The average molecular weight is 533 g/mol. The van der Waals surface area contributed by atoms with Gasteiger partial charge in [0.1, 0.15) is 17.5 Å². The van der Waals surface area contributed by atoms with Crippen molar-refractivity contribution in [2.75, 3.05) is 13.1 Å². The molecule has 2 heterocycles. The normalized spacial score (nSPS) is 15.0. The fraction of sp³-hybridized carbons (Fsp3) is 0.333. The number of likely N-dealkylation sites (tertiary alicyclic amines) is 1. The maximum absolute atomic E-state index is 14.0. The Morgan fingerprint density at radius 1 is 1.11 bits per heavy atom. The Morgan fingerprint density at radius 3 is 2.42 bits per heavy atom. The third kappa shape index (κ3) is 6.32. The van der Waals surface area contributed by atoms with Crippen molar-refractivity contribution in [2.24, 2.45) is 5.16 Å². The van der Waals surface area contributed by atoms with E-state index in [1.807, 2.05) is 0 Å². The second-order valence-corrected chi connectivity index (χ2v) is 9.04. The summed E-state index contributed by atoms with van der Waals surface area (Å²) in [6, 6.07) is 7.91. The Morgan fingerprint density at radius 2 is 1.76 bits per heavy atom. The lowest BCUT2D eigenvalue weighted by Crippen LogP contribution is -2.39. The summed E-state index contributed by atoms with van der Waals surface area (Å²) in [4.78, 5) is 28.4. The van der Waals surface area contributed by atoms with Crippen molar-refractivity contribution in [3.8, 4) is 5.75 Å². The van der Waals surface area contributed by atoms with Crippen molar-refractivity contribution in [2.45, 2.75) is 45.2 Å². The van der Waals surface area contributed by atoms with E-state index in [9.17, 15) is 26.7 Å². The summed E-state index contributed by atoms with van der Waals surface area (Å²) in [6.45, 7) is 4.13. The van der Waals surface area contributed by atoms with Crippen LogP contribution in [0.15, 0.2) is 53.8 Å². The van der Waals surface area contributed by atoms with Crippen molar-refractivity contribution in [1.29, 1.82) is 0 Å². The van der Waals surface area contributed by atoms with Gasteiger partial charge in [0.05, 0.1) is 23.4 Å². The topological polar surface area (TPSA) is 67.7 Å². The minimum atomic E-state index is -4.50. The molecule has 0 spiro atoms. The Labute approximate surface area is 216 Å². The summed E-state index contributed by atoms with van der Waals surface area (Å²) in [5, 5.41) is 4.01. The molecule has 1 aliphatic heterocycles. The van der Waals surface area contributed by atoms with Gasteiger partial charge in [-0.25, -0.2) is 18.7 Å². The highest BCUT2D eigenvalue weighted by Crippen LogP contribution is 2.32. The molecule has 0 unspecified atom stereocenters. The maximum Gasteiger partial charge on any atom is 0.416 e. The molecule has 1 aromatic heterocycles. The second-order valence-electron chi connectivity index (χ2n) is 9.04. The van der Waals surface area contributed by atoms with Crippen LogP contribution in [0.5, 0.6) is 5.75 Å². The van der Waals surface area contributed by atoms with Gasteiger partial charge in [0.2, 0.25) is 5.91 Å². The van der Waals surface area contributed by atoms with Crippen LogP contribution in [0.25, 0.3) is 0 Å². The van der Waals surface area contributed by atoms with Crippen LogP contribution in [0.3, 0.4) is 0 Å². The average Bonchev–Trinajstić information content (AvgIpc) is 2.89. The molecule has 200 valence electrons. The highest BCUT2D eigenvalue weighted by Gasteiger charge is 2.31. The Kier molecular flexibility index (Phi) is 8.03. The highest BCUT2D eigenvalue weighted by molar-refractivity contribution is 5.99. The molecule has 6 nitrogen and oxygen atoms in total. The van der Waals surface area contributed by atoms with Gasteiger partial charge in [-0.2, -0.15) is 13.2 Å². The zero-order valence-corrected chi connectivity index (χ0v) is 20.7. The first-order chi connectivity index (χ1) is 18.0. The first kappa shape index (κ1) is 27.2. The largest absolute Gasteiger partial charge is 0.416 e. The molecule has 0 aliphatic carbocycles. The summed E-state index contributed by atoms with van der Waals surface area (Å²) >= 11 is 0. The first-order valence-electron chi connectivity index (χ1n) is 12.0. The molecule has 2 aromatic carbocycles. The van der Waals surface area contributed by atoms with Crippen LogP contribution in [0.1, 0.15) is 53.9 Å². The van der Waals surface area contributed by atoms with Gasteiger partial charge < -0.3 is 9.74 Å². The number of amides is 1. The molecule has 0 N–H and O–H groups in total. The monoisotopic (exact) mass is 532 g/mol. The number of aryl methyl sites for hydroxylation is 1. The van der Waals surface area contributed by atoms with Crippen molar-refractivity contribution in [1.82, 2.24) is 14.9 Å². The molecule has 1 fully saturated rings. The summed E-state index contributed by atoms with van der Waals surface area (Å²) in [6.07, 6.45) is -2.17. The molecule has 0 radical (unpaired) electrons. The van der Waals surface area contributed by atoms with Crippen molar-refractivity contribution in [3.63, 3.8) is 0 Å². The number of rotatable bonds is 6. The molecule has 3 aromatic rings. The van der Waals surface area contributed by atoms with Crippen LogP contribution in [-0.2, 0) is 17.4 Å². The summed E-state index contributed by atoms with van der Waals surface area (Å²) in [7, 11) is 0. The van der Waals surface area contributed by atoms with Gasteiger partial charge in [0.25, 0.3) is 0 Å². The Hall–Kier alpha value is -3.89. The van der Waals surface area contributed by atoms with Crippen LogP contribution in [-0.4, -0.2) is 39.6 Å². The quantitative estimate of drug-likeness (QED) is 0.228. The molecule has 1 saturated heterocycles. The predicted octanol–water partition coefficient (Wildman–Crippen LogP) is 5.83. The van der Waals surface area contributed by atoms with E-state index < -0.39 is 23.4 Å². The van der Waals surface area contributed by atoms with E-state index in [2.05, 4.69) is 15.1 Å². The summed E-state index contributed by atoms with van der Waals surface area (Å²) in [5.74, 6) is -1.46. The van der Waals surface area contributed by atoms with E-state index in [1.165, 1.54) is 18.2 Å². The van der Waals surface area contributed by atoms with Gasteiger partial charge >= 0.3 is 6.18 Å². The SMILES string of the molecule is C/C(=N/Oc1cccc(C(F)(F)F)c1)c1cnc(C)nc1C1CCN(C(=O)Cc2c(F)cccc2F)CC1. The van der Waals surface area contributed by atoms with Crippen molar-refractivity contribution < 1.29 is 31.6 Å². The number of hydrogen-bond acceptors (Lipinski definition) is 5. The van der Waals surface area contributed by atoms with Crippen molar-refractivity contribution >= 4 is 11.6 Å². The lowest BCUT2D eigenvalue weighted by Gasteiger charge is -2.32. The summed E-state index contributed by atoms with van der Waals surface area (Å²) in [5.41, 5.74) is 0.563. The molecule has 11 heteroatoms. The van der Waals surface area contributed by atoms with Gasteiger partial charge in [-0.3, -0.25) is 4.79 Å². The number of aromatic nitrogens is 2. The molecule has 38 heavy (non-hydrogen) atoms. The fourth-order valence-corrected chi connectivity index (χ4v) is 4.34. The Balaban J connectivity index is 1.46. The molecule has 0 saturated carbocycles. The smallest absolute Gasteiger partial charge is 0.357 e. The minimum absolute atomic E-state index is 0.0559. The highest BCUT2D eigenvalue weighted by atomic mass is 19.4. The number of oxime groups is 1. The molecular formula is C27H25F5N4O2. The number of hydrogen-bond donors (Lipinski definition) is 0. The number of nitrogens with zero attached hydrogens (tertiary/aromatic N) is 4. The number of halogens is 5. The second kappa shape index (κ2) is 11.2. The van der Waals surface area contributed by atoms with Gasteiger partial charge in [0, 0.05) is 36.3 Å². The number of carbonyl (C=O) groups excluding carboxylic acids is 1. The Bertz CT molecular complexity index is 1330. The number of alkyl halides is 3. The van der Waals surface area contributed by atoms with Crippen LogP contribution in [0.2, 0.25) is 0 Å². The fourth-order valence-electron chi connectivity index (χ4n) is 4.34. The molecule has 1 amide bonds. The van der Waals surface area contributed by atoms with Crippen molar-refractivity contribution in [3.05, 3.63) is 88.5 Å². The third-order valence-electron chi connectivity index (χ3n) is 6.40. The molecule has 1 aliphatic rings. The lowest BCUT2D eigenvalue weighted by atomic mass is 9.89. The van der Waals surface area contributed by atoms with E-state index in [0.29, 0.717) is 48.7 Å². The van der Waals surface area contributed by atoms with Crippen LogP contribution < -0.4 is 4.84 Å². The molecule has 0 atom stereocenters. The van der Waals surface area contributed by atoms with Crippen LogP contribution in [0, 0.1) is 18.6 Å². The van der Waals surface area contributed by atoms with Gasteiger partial charge in [-0.05, 0) is 57.0 Å². The zero-order valence-electron chi connectivity index (χ0n) is 20.7. The van der Waals surface area contributed by atoms with Gasteiger partial charge in [-0.1, -0.05) is 17.3 Å². The lowest BCUT2D eigenvalue weighted by molar-refractivity contribution is -0.137. The van der Waals surface area contributed by atoms with Crippen LogP contribution in [0.4, 0.5) is 22.0 Å². The molecule has 0 bridgehead atoms. The van der Waals surface area contributed by atoms with E-state index in [-0.39, 0.29) is 29.6 Å². The number of carbonyl (C=O) groups is 1. The van der Waals surface area contributed by atoms with E-state index in [4.69, 9.17) is 4.84 Å². The first-order valence-corrected chi connectivity index (χ1v) is 12.0.